The number of H-pyrrole nitrogens is 1. The molecule has 1 aromatic carbocycles. The summed E-state index contributed by atoms with van der Waals surface area (Å²) in [5.74, 6) is 0.836. The van der Waals surface area contributed by atoms with Crippen LogP contribution in [0.15, 0.2) is 42.7 Å². The highest BCUT2D eigenvalue weighted by molar-refractivity contribution is 5.95. The van der Waals surface area contributed by atoms with Gasteiger partial charge in [0.05, 0.1) is 7.11 Å². The largest absolute Gasteiger partial charge is 0.497 e. The van der Waals surface area contributed by atoms with Crippen molar-refractivity contribution in [3.8, 4) is 5.75 Å². The van der Waals surface area contributed by atoms with E-state index in [1.54, 1.807) is 13.2 Å². The molecule has 0 saturated carbocycles. The molecule has 6 heteroatoms. The molecule has 6 nitrogen and oxygen atoms in total. The average molecular weight is 364 g/mol. The zero-order valence-electron chi connectivity index (χ0n) is 15.9. The summed E-state index contributed by atoms with van der Waals surface area (Å²) in [6.45, 7) is 5.38. The van der Waals surface area contributed by atoms with Gasteiger partial charge in [-0.3, -0.25) is 9.48 Å². The maximum atomic E-state index is 12.7. The van der Waals surface area contributed by atoms with Crippen molar-refractivity contribution in [1.29, 1.82) is 0 Å². The lowest BCUT2D eigenvalue weighted by Gasteiger charge is -2.26. The first-order valence-corrected chi connectivity index (χ1v) is 9.26. The average Bonchev–Trinajstić information content (AvgIpc) is 3.34. The van der Waals surface area contributed by atoms with Gasteiger partial charge in [0, 0.05) is 48.0 Å². The Balaban J connectivity index is 1.54. The highest BCUT2D eigenvalue weighted by Gasteiger charge is 2.22. The van der Waals surface area contributed by atoms with Gasteiger partial charge in [-0.2, -0.15) is 5.10 Å². The Kier molecular flexibility index (Phi) is 4.48. The Bertz CT molecular complexity index is 1010. The van der Waals surface area contributed by atoms with Crippen molar-refractivity contribution in [2.24, 2.45) is 0 Å². The molecule has 0 bridgehead atoms. The monoisotopic (exact) mass is 364 g/mol. The molecule has 4 rings (SSSR count). The first kappa shape index (κ1) is 17.4. The van der Waals surface area contributed by atoms with Crippen molar-refractivity contribution in [2.45, 2.75) is 26.3 Å². The SMILES string of the molecule is COc1ccc2[nH]cc(C3=CCN(C(=O)c4ccn(C(C)C)n4)CC3)c2c1. The molecule has 140 valence electrons. The molecule has 27 heavy (non-hydrogen) atoms. The summed E-state index contributed by atoms with van der Waals surface area (Å²) in [6.07, 6.45) is 6.86. The van der Waals surface area contributed by atoms with Crippen LogP contribution >= 0.6 is 0 Å². The Hall–Kier alpha value is -3.02. The summed E-state index contributed by atoms with van der Waals surface area (Å²) < 4.78 is 7.17. The second-order valence-electron chi connectivity index (χ2n) is 7.12. The van der Waals surface area contributed by atoms with Crippen LogP contribution in [0.2, 0.25) is 0 Å². The zero-order valence-corrected chi connectivity index (χ0v) is 15.9. The quantitative estimate of drug-likeness (QED) is 0.764. The van der Waals surface area contributed by atoms with Crippen LogP contribution in [-0.4, -0.2) is 45.8 Å². The van der Waals surface area contributed by atoms with Crippen LogP contribution in [0.3, 0.4) is 0 Å². The third kappa shape index (κ3) is 3.23. The van der Waals surface area contributed by atoms with E-state index in [9.17, 15) is 4.79 Å². The smallest absolute Gasteiger partial charge is 0.274 e. The summed E-state index contributed by atoms with van der Waals surface area (Å²) in [7, 11) is 1.68. The summed E-state index contributed by atoms with van der Waals surface area (Å²) >= 11 is 0. The molecule has 0 atom stereocenters. The maximum absolute atomic E-state index is 12.7. The van der Waals surface area contributed by atoms with E-state index in [4.69, 9.17) is 4.74 Å². The number of carbonyl (C=O) groups excluding carboxylic acids is 1. The molecular formula is C21H24N4O2. The van der Waals surface area contributed by atoms with E-state index in [1.807, 2.05) is 48.0 Å². The third-order valence-corrected chi connectivity index (χ3v) is 5.09. The minimum Gasteiger partial charge on any atom is -0.497 e. The Morgan fingerprint density at radius 2 is 2.15 bits per heavy atom. The van der Waals surface area contributed by atoms with Gasteiger partial charge in [-0.05, 0) is 50.1 Å². The van der Waals surface area contributed by atoms with E-state index in [2.05, 4.69) is 22.2 Å². The number of nitrogens with zero attached hydrogens (tertiary/aromatic N) is 3. The van der Waals surface area contributed by atoms with Gasteiger partial charge >= 0.3 is 0 Å². The van der Waals surface area contributed by atoms with Gasteiger partial charge in [0.15, 0.2) is 0 Å². The highest BCUT2D eigenvalue weighted by atomic mass is 16.5. The third-order valence-electron chi connectivity index (χ3n) is 5.09. The van der Waals surface area contributed by atoms with Gasteiger partial charge in [0.2, 0.25) is 0 Å². The Labute approximate surface area is 158 Å². The molecule has 0 radical (unpaired) electrons. The summed E-state index contributed by atoms with van der Waals surface area (Å²) in [5.41, 5.74) is 4.04. The molecule has 0 spiro atoms. The van der Waals surface area contributed by atoms with E-state index < -0.39 is 0 Å². The second kappa shape index (κ2) is 6.95. The number of aromatic nitrogens is 3. The molecule has 1 aliphatic heterocycles. The van der Waals surface area contributed by atoms with Crippen molar-refractivity contribution in [1.82, 2.24) is 19.7 Å². The lowest BCUT2D eigenvalue weighted by atomic mass is 9.98. The molecular weight excluding hydrogens is 340 g/mol. The molecule has 1 aliphatic rings. The van der Waals surface area contributed by atoms with Crippen molar-refractivity contribution in [2.75, 3.05) is 20.2 Å². The number of methoxy groups -OCH3 is 1. The molecule has 3 aromatic rings. The number of carbonyl (C=O) groups is 1. The van der Waals surface area contributed by atoms with E-state index >= 15 is 0 Å². The number of ether oxygens (including phenoxy) is 1. The van der Waals surface area contributed by atoms with E-state index in [0.717, 1.165) is 23.1 Å². The maximum Gasteiger partial charge on any atom is 0.274 e. The number of hydrogen-bond acceptors (Lipinski definition) is 3. The van der Waals surface area contributed by atoms with Gasteiger partial charge < -0.3 is 14.6 Å². The van der Waals surface area contributed by atoms with Crippen molar-refractivity contribution in [3.05, 3.63) is 54.0 Å². The lowest BCUT2D eigenvalue weighted by Crippen LogP contribution is -2.35. The van der Waals surface area contributed by atoms with Crippen LogP contribution in [0.5, 0.6) is 5.75 Å². The first-order chi connectivity index (χ1) is 13.1. The molecule has 0 saturated heterocycles. The standard InChI is InChI=1S/C21H24N4O2/c1-14(2)25-11-8-20(23-25)21(26)24-9-6-15(7-10-24)18-13-22-19-5-4-16(27-3)12-17(18)19/h4-6,8,11-14,22H,7,9-10H2,1-3H3. The minimum atomic E-state index is -0.00899. The van der Waals surface area contributed by atoms with Gasteiger partial charge in [0.1, 0.15) is 11.4 Å². The fraction of sp³-hybridized carbons (Fsp3) is 0.333. The number of aromatic amines is 1. The van der Waals surface area contributed by atoms with Crippen LogP contribution in [0.4, 0.5) is 0 Å². The first-order valence-electron chi connectivity index (χ1n) is 9.26. The number of amides is 1. The molecule has 1 N–H and O–H groups in total. The van der Waals surface area contributed by atoms with Crippen molar-refractivity contribution in [3.63, 3.8) is 0 Å². The Morgan fingerprint density at radius 3 is 2.81 bits per heavy atom. The van der Waals surface area contributed by atoms with Crippen molar-refractivity contribution < 1.29 is 9.53 Å². The molecule has 2 aromatic heterocycles. The number of fused-ring (bicyclic) bond motifs is 1. The van der Waals surface area contributed by atoms with Crippen LogP contribution in [-0.2, 0) is 0 Å². The predicted molar refractivity (Wildman–Crippen MR) is 106 cm³/mol. The van der Waals surface area contributed by atoms with Gasteiger partial charge in [-0.25, -0.2) is 0 Å². The van der Waals surface area contributed by atoms with Crippen molar-refractivity contribution >= 4 is 22.4 Å². The highest BCUT2D eigenvalue weighted by Crippen LogP contribution is 2.31. The number of rotatable bonds is 4. The van der Waals surface area contributed by atoms with E-state index in [0.29, 0.717) is 18.8 Å². The summed E-state index contributed by atoms with van der Waals surface area (Å²) in [4.78, 5) is 17.9. The molecule has 3 heterocycles. The molecule has 0 aliphatic carbocycles. The van der Waals surface area contributed by atoms with E-state index in [1.165, 1.54) is 11.1 Å². The Morgan fingerprint density at radius 1 is 1.30 bits per heavy atom. The minimum absolute atomic E-state index is 0.00899. The molecule has 0 fully saturated rings. The van der Waals surface area contributed by atoms with Crippen LogP contribution in [0.1, 0.15) is 42.4 Å². The second-order valence-corrected chi connectivity index (χ2v) is 7.12. The van der Waals surface area contributed by atoms with E-state index in [-0.39, 0.29) is 11.9 Å². The lowest BCUT2D eigenvalue weighted by molar-refractivity contribution is 0.0766. The fourth-order valence-electron chi connectivity index (χ4n) is 3.49. The predicted octanol–water partition coefficient (Wildman–Crippen LogP) is 3.88. The number of hydrogen-bond donors (Lipinski definition) is 1. The normalized spacial score (nSPS) is 14.7. The number of nitrogens with one attached hydrogen (secondary N) is 1. The summed E-state index contributed by atoms with van der Waals surface area (Å²) in [6, 6.07) is 8.08. The van der Waals surface area contributed by atoms with Crippen LogP contribution in [0, 0.1) is 0 Å². The fourth-order valence-corrected chi connectivity index (χ4v) is 3.49. The van der Waals surface area contributed by atoms with Crippen LogP contribution < -0.4 is 4.74 Å². The topological polar surface area (TPSA) is 63.1 Å². The van der Waals surface area contributed by atoms with Crippen LogP contribution in [0.25, 0.3) is 16.5 Å². The molecule has 0 unspecified atom stereocenters. The van der Waals surface area contributed by atoms with Gasteiger partial charge in [-0.15, -0.1) is 0 Å². The van der Waals surface area contributed by atoms with Gasteiger partial charge in [0.25, 0.3) is 5.91 Å². The zero-order chi connectivity index (χ0) is 19.0. The van der Waals surface area contributed by atoms with Gasteiger partial charge in [-0.1, -0.05) is 6.08 Å². The number of benzene rings is 1. The summed E-state index contributed by atoms with van der Waals surface area (Å²) in [5, 5.41) is 5.55. The molecule has 1 amide bonds.